The zero-order chi connectivity index (χ0) is 14.0. The van der Waals surface area contributed by atoms with Crippen LogP contribution in [0.3, 0.4) is 0 Å². The molecule has 98 valence electrons. The molecule has 0 aliphatic rings. The third kappa shape index (κ3) is 3.15. The van der Waals surface area contributed by atoms with Gasteiger partial charge >= 0.3 is 0 Å². The molecule has 6 nitrogen and oxygen atoms in total. The lowest BCUT2D eigenvalue weighted by atomic mass is 10.2. The molecule has 0 bridgehead atoms. The number of benzene rings is 1. The van der Waals surface area contributed by atoms with Gasteiger partial charge in [0.15, 0.2) is 16.7 Å². The van der Waals surface area contributed by atoms with Gasteiger partial charge in [0.2, 0.25) is 5.88 Å². The van der Waals surface area contributed by atoms with Crippen LogP contribution in [0.15, 0.2) is 32.8 Å². The number of nitrogen functional groups attached to an aromatic ring is 1. The van der Waals surface area contributed by atoms with Crippen LogP contribution >= 0.6 is 28.6 Å². The van der Waals surface area contributed by atoms with Gasteiger partial charge in [-0.2, -0.15) is 4.98 Å². The van der Waals surface area contributed by atoms with Crippen LogP contribution in [0.1, 0.15) is 5.56 Å². The Morgan fingerprint density at radius 2 is 2.05 bits per heavy atom. The van der Waals surface area contributed by atoms with Crippen LogP contribution in [0.25, 0.3) is 0 Å². The van der Waals surface area contributed by atoms with E-state index in [4.69, 9.17) is 5.73 Å². The van der Waals surface area contributed by atoms with Crippen molar-refractivity contribution in [1.29, 1.82) is 0 Å². The second-order valence-electron chi connectivity index (χ2n) is 3.54. The molecule has 2 aromatic rings. The van der Waals surface area contributed by atoms with Crippen molar-refractivity contribution in [1.82, 2.24) is 9.97 Å². The van der Waals surface area contributed by atoms with E-state index in [0.717, 1.165) is 4.47 Å². The van der Waals surface area contributed by atoms with E-state index in [1.807, 2.05) is 0 Å². The third-order valence-electron chi connectivity index (χ3n) is 2.20. The zero-order valence-corrected chi connectivity index (χ0v) is 11.9. The topological polar surface area (TPSA) is 105 Å². The normalized spacial score (nSPS) is 11.1. The number of nitrogens with zero attached hydrogens (tertiary/aromatic N) is 3. The van der Waals surface area contributed by atoms with Crippen molar-refractivity contribution >= 4 is 46.3 Å². The Balaban J connectivity index is 2.41. The van der Waals surface area contributed by atoms with E-state index in [9.17, 15) is 10.2 Å². The van der Waals surface area contributed by atoms with E-state index in [-0.39, 0.29) is 28.3 Å². The first kappa shape index (κ1) is 13.6. The highest BCUT2D eigenvalue weighted by atomic mass is 79.9. The van der Waals surface area contributed by atoms with Crippen LogP contribution in [0.2, 0.25) is 0 Å². The lowest BCUT2D eigenvalue weighted by Gasteiger charge is -2.03. The first-order valence-corrected chi connectivity index (χ1v) is 6.29. The van der Waals surface area contributed by atoms with E-state index in [0.29, 0.717) is 5.56 Å². The summed E-state index contributed by atoms with van der Waals surface area (Å²) in [5.74, 6) is -0.316. The van der Waals surface area contributed by atoms with Crippen molar-refractivity contribution in [3.8, 4) is 11.6 Å². The molecule has 0 saturated carbocycles. The van der Waals surface area contributed by atoms with Crippen molar-refractivity contribution in [2.45, 2.75) is 5.16 Å². The number of aromatic hydroxyl groups is 2. The average molecular weight is 341 g/mol. The average Bonchev–Trinajstić information content (AvgIpc) is 2.32. The van der Waals surface area contributed by atoms with E-state index in [1.165, 1.54) is 12.3 Å². The van der Waals surface area contributed by atoms with Crippen LogP contribution in [0, 0.1) is 0 Å². The van der Waals surface area contributed by atoms with Crippen LogP contribution in [0.5, 0.6) is 11.6 Å². The molecule has 0 saturated heterocycles. The highest BCUT2D eigenvalue weighted by molar-refractivity contribution is 9.10. The number of thiol groups is 1. The van der Waals surface area contributed by atoms with E-state index >= 15 is 0 Å². The van der Waals surface area contributed by atoms with Gasteiger partial charge in [0.05, 0.1) is 0 Å². The van der Waals surface area contributed by atoms with Crippen molar-refractivity contribution in [2.75, 3.05) is 5.73 Å². The Morgan fingerprint density at radius 1 is 1.32 bits per heavy atom. The fraction of sp³-hybridized carbons (Fsp3) is 0. The molecule has 4 N–H and O–H groups in total. The predicted molar refractivity (Wildman–Crippen MR) is 78.4 cm³/mol. The van der Waals surface area contributed by atoms with Gasteiger partial charge in [-0.05, 0) is 18.2 Å². The number of halogens is 1. The van der Waals surface area contributed by atoms with Gasteiger partial charge in [-0.1, -0.05) is 15.9 Å². The highest BCUT2D eigenvalue weighted by Crippen LogP contribution is 2.30. The molecule has 0 radical (unpaired) electrons. The largest absolute Gasteiger partial charge is 0.507 e. The number of hydrogen-bond donors (Lipinski definition) is 4. The molecular formula is C11H9BrN4O2S. The van der Waals surface area contributed by atoms with Crippen LogP contribution in [-0.2, 0) is 0 Å². The van der Waals surface area contributed by atoms with Gasteiger partial charge < -0.3 is 15.9 Å². The maximum Gasteiger partial charge on any atom is 0.243 e. The van der Waals surface area contributed by atoms with Gasteiger partial charge in [0, 0.05) is 16.3 Å². The Hall–Kier alpha value is -1.80. The Kier molecular flexibility index (Phi) is 3.91. The van der Waals surface area contributed by atoms with Crippen LogP contribution in [0.4, 0.5) is 11.5 Å². The highest BCUT2D eigenvalue weighted by Gasteiger charge is 2.09. The van der Waals surface area contributed by atoms with Gasteiger partial charge in [0.1, 0.15) is 5.75 Å². The lowest BCUT2D eigenvalue weighted by Crippen LogP contribution is -1.94. The Labute approximate surface area is 122 Å². The fourth-order valence-electron chi connectivity index (χ4n) is 1.33. The lowest BCUT2D eigenvalue weighted by molar-refractivity contribution is 0.448. The van der Waals surface area contributed by atoms with Crippen molar-refractivity contribution in [3.63, 3.8) is 0 Å². The molecule has 0 unspecified atom stereocenters. The van der Waals surface area contributed by atoms with E-state index < -0.39 is 0 Å². The summed E-state index contributed by atoms with van der Waals surface area (Å²) in [5, 5.41) is 19.3. The number of aliphatic imine (C=N–C) groups is 1. The summed E-state index contributed by atoms with van der Waals surface area (Å²) in [6.07, 6.45) is 1.35. The Morgan fingerprint density at radius 3 is 2.74 bits per heavy atom. The maximum atomic E-state index is 9.65. The summed E-state index contributed by atoms with van der Waals surface area (Å²) in [7, 11) is 0. The maximum absolute atomic E-state index is 9.65. The smallest absolute Gasteiger partial charge is 0.243 e. The number of phenols is 1. The number of anilines is 1. The number of rotatable bonds is 2. The summed E-state index contributed by atoms with van der Waals surface area (Å²) in [5.41, 5.74) is 6.10. The fourth-order valence-corrected chi connectivity index (χ4v) is 1.92. The van der Waals surface area contributed by atoms with Gasteiger partial charge in [-0.25, -0.2) is 9.98 Å². The number of aromatic nitrogens is 2. The SMILES string of the molecule is Nc1nc(S)nc(O)c1/N=C/c1cc(Br)ccc1O. The first-order chi connectivity index (χ1) is 8.97. The molecule has 1 heterocycles. The standard InChI is InChI=1S/C11H9BrN4O2S/c12-6-1-2-7(17)5(3-6)4-14-8-9(13)15-11(19)16-10(8)18/h1-4,17H,(H4,13,15,16,18,19)/b14-4+. The molecule has 0 aliphatic heterocycles. The summed E-state index contributed by atoms with van der Waals surface area (Å²) in [6.45, 7) is 0. The summed E-state index contributed by atoms with van der Waals surface area (Å²) in [4.78, 5) is 11.4. The second kappa shape index (κ2) is 5.45. The van der Waals surface area contributed by atoms with E-state index in [2.05, 4.69) is 43.5 Å². The van der Waals surface area contributed by atoms with Crippen molar-refractivity contribution in [3.05, 3.63) is 28.2 Å². The molecule has 1 aromatic heterocycles. The molecule has 0 aliphatic carbocycles. The van der Waals surface area contributed by atoms with Crippen LogP contribution in [-0.4, -0.2) is 26.4 Å². The summed E-state index contributed by atoms with van der Waals surface area (Å²) >= 11 is 7.16. The van der Waals surface area contributed by atoms with E-state index in [1.54, 1.807) is 12.1 Å². The molecule has 2 rings (SSSR count). The van der Waals surface area contributed by atoms with Gasteiger partial charge in [-0.15, -0.1) is 12.6 Å². The molecule has 0 amide bonds. The number of hydrogen-bond acceptors (Lipinski definition) is 7. The predicted octanol–water partition coefficient (Wildman–Crippen LogP) is 2.27. The third-order valence-corrected chi connectivity index (χ3v) is 2.90. The quantitative estimate of drug-likeness (QED) is 0.381. The van der Waals surface area contributed by atoms with Crippen LogP contribution < -0.4 is 5.73 Å². The zero-order valence-electron chi connectivity index (χ0n) is 9.45. The second-order valence-corrected chi connectivity index (χ2v) is 4.86. The summed E-state index contributed by atoms with van der Waals surface area (Å²) in [6, 6.07) is 4.87. The first-order valence-electron chi connectivity index (χ1n) is 5.05. The molecule has 0 spiro atoms. The molecule has 0 atom stereocenters. The van der Waals surface area contributed by atoms with Crippen molar-refractivity contribution in [2.24, 2.45) is 4.99 Å². The summed E-state index contributed by atoms with van der Waals surface area (Å²) < 4.78 is 0.783. The van der Waals surface area contributed by atoms with Gasteiger partial charge in [0.25, 0.3) is 0 Å². The Bertz CT molecular complexity index is 640. The van der Waals surface area contributed by atoms with Crippen molar-refractivity contribution < 1.29 is 10.2 Å². The van der Waals surface area contributed by atoms with Gasteiger partial charge in [-0.3, -0.25) is 0 Å². The monoisotopic (exact) mass is 340 g/mol. The minimum Gasteiger partial charge on any atom is -0.507 e. The molecule has 1 aromatic carbocycles. The minimum atomic E-state index is -0.372. The molecular weight excluding hydrogens is 332 g/mol. The molecule has 0 fully saturated rings. The number of nitrogens with two attached hydrogens (primary N) is 1. The number of phenolic OH excluding ortho intramolecular Hbond substituents is 1. The molecule has 8 heteroatoms. The molecule has 19 heavy (non-hydrogen) atoms. The minimum absolute atomic E-state index is 0.00300.